The van der Waals surface area contributed by atoms with Gasteiger partial charge in [0.2, 0.25) is 21.7 Å². The van der Waals surface area contributed by atoms with Gasteiger partial charge < -0.3 is 4.52 Å². The number of hydrogen-bond donors (Lipinski definition) is 0. The SMILES string of the molecule is Cc1ccc(S(=O)(=O)N2CC(c3nc(-c4cccc(C(F)(F)F)c4)no3)C2)cc1C. The van der Waals surface area contributed by atoms with E-state index in [-0.39, 0.29) is 41.2 Å². The zero-order valence-electron chi connectivity index (χ0n) is 16.1. The molecule has 3 aromatic rings. The van der Waals surface area contributed by atoms with Gasteiger partial charge >= 0.3 is 6.18 Å². The van der Waals surface area contributed by atoms with Crippen molar-refractivity contribution in [3.05, 3.63) is 65.0 Å². The number of alkyl halides is 3. The summed E-state index contributed by atoms with van der Waals surface area (Å²) in [6.45, 7) is 4.09. The average molecular weight is 437 g/mol. The molecule has 0 saturated carbocycles. The number of aryl methyl sites for hydroxylation is 2. The van der Waals surface area contributed by atoms with Crippen molar-refractivity contribution in [2.24, 2.45) is 0 Å². The van der Waals surface area contributed by atoms with Gasteiger partial charge in [0.05, 0.1) is 16.4 Å². The molecule has 2 heterocycles. The van der Waals surface area contributed by atoms with Gasteiger partial charge in [-0.15, -0.1) is 0 Å². The lowest BCUT2D eigenvalue weighted by molar-refractivity contribution is -0.137. The monoisotopic (exact) mass is 437 g/mol. The zero-order chi connectivity index (χ0) is 21.7. The van der Waals surface area contributed by atoms with Gasteiger partial charge in [-0.3, -0.25) is 0 Å². The number of sulfonamides is 1. The molecule has 2 aromatic carbocycles. The normalized spacial score (nSPS) is 15.9. The van der Waals surface area contributed by atoms with Gasteiger partial charge in [0.15, 0.2) is 0 Å². The molecule has 158 valence electrons. The van der Waals surface area contributed by atoms with Crippen LogP contribution in [0.2, 0.25) is 0 Å². The summed E-state index contributed by atoms with van der Waals surface area (Å²) >= 11 is 0. The van der Waals surface area contributed by atoms with E-state index in [0.717, 1.165) is 23.3 Å². The number of hydrogen-bond acceptors (Lipinski definition) is 5. The Morgan fingerprint density at radius 3 is 2.47 bits per heavy atom. The molecule has 30 heavy (non-hydrogen) atoms. The fourth-order valence-electron chi connectivity index (χ4n) is 3.17. The maximum atomic E-state index is 12.9. The molecule has 0 aliphatic carbocycles. The van der Waals surface area contributed by atoms with E-state index in [4.69, 9.17) is 4.52 Å². The van der Waals surface area contributed by atoms with Crippen LogP contribution in [-0.4, -0.2) is 36.0 Å². The molecule has 6 nitrogen and oxygen atoms in total. The highest BCUT2D eigenvalue weighted by atomic mass is 32.2. The smallest absolute Gasteiger partial charge is 0.339 e. The third kappa shape index (κ3) is 3.72. The lowest BCUT2D eigenvalue weighted by Gasteiger charge is -2.35. The molecule has 1 saturated heterocycles. The molecule has 0 amide bonds. The van der Waals surface area contributed by atoms with Crippen LogP contribution >= 0.6 is 0 Å². The molecule has 1 fully saturated rings. The first-order valence-electron chi connectivity index (χ1n) is 9.14. The Bertz CT molecular complexity index is 1200. The number of aromatic nitrogens is 2. The molecular formula is C20H18F3N3O3S. The Morgan fingerprint density at radius 1 is 1.07 bits per heavy atom. The molecule has 0 bridgehead atoms. The molecule has 0 N–H and O–H groups in total. The number of benzene rings is 2. The number of nitrogens with zero attached hydrogens (tertiary/aromatic N) is 3. The fourth-order valence-corrected chi connectivity index (χ4v) is 4.78. The van der Waals surface area contributed by atoms with Crippen molar-refractivity contribution in [1.82, 2.24) is 14.4 Å². The lowest BCUT2D eigenvalue weighted by Crippen LogP contribution is -2.48. The van der Waals surface area contributed by atoms with Gasteiger partial charge in [-0.1, -0.05) is 23.4 Å². The van der Waals surface area contributed by atoms with Gasteiger partial charge in [0.25, 0.3) is 0 Å². The van der Waals surface area contributed by atoms with Crippen LogP contribution < -0.4 is 0 Å². The largest absolute Gasteiger partial charge is 0.416 e. The molecular weight excluding hydrogens is 419 g/mol. The van der Waals surface area contributed by atoms with E-state index in [1.54, 1.807) is 18.2 Å². The summed E-state index contributed by atoms with van der Waals surface area (Å²) in [5, 5.41) is 3.76. The van der Waals surface area contributed by atoms with Crippen LogP contribution in [0.3, 0.4) is 0 Å². The summed E-state index contributed by atoms with van der Waals surface area (Å²) in [6.07, 6.45) is -4.47. The van der Waals surface area contributed by atoms with E-state index < -0.39 is 21.8 Å². The molecule has 10 heteroatoms. The van der Waals surface area contributed by atoms with Gasteiger partial charge in [-0.2, -0.15) is 22.5 Å². The number of rotatable bonds is 4. The lowest BCUT2D eigenvalue weighted by atomic mass is 10.0. The quantitative estimate of drug-likeness (QED) is 0.613. The minimum atomic E-state index is -4.47. The number of halogens is 3. The second kappa shape index (κ2) is 7.21. The zero-order valence-corrected chi connectivity index (χ0v) is 17.0. The Labute approximate surface area is 171 Å². The highest BCUT2D eigenvalue weighted by Gasteiger charge is 2.40. The van der Waals surface area contributed by atoms with E-state index in [1.165, 1.54) is 16.4 Å². The molecule has 0 atom stereocenters. The van der Waals surface area contributed by atoms with Crippen LogP contribution in [0.15, 0.2) is 51.9 Å². The second-order valence-electron chi connectivity index (χ2n) is 7.30. The van der Waals surface area contributed by atoms with Crippen molar-refractivity contribution in [3.8, 4) is 11.4 Å². The molecule has 4 rings (SSSR count). The molecule has 1 aliphatic heterocycles. The molecule has 1 aliphatic rings. The van der Waals surface area contributed by atoms with Gasteiger partial charge in [-0.25, -0.2) is 8.42 Å². The van der Waals surface area contributed by atoms with Crippen molar-refractivity contribution < 1.29 is 26.1 Å². The summed E-state index contributed by atoms with van der Waals surface area (Å²) in [6, 6.07) is 9.62. The van der Waals surface area contributed by atoms with E-state index in [1.807, 2.05) is 13.8 Å². The van der Waals surface area contributed by atoms with Crippen molar-refractivity contribution in [2.75, 3.05) is 13.1 Å². The summed E-state index contributed by atoms with van der Waals surface area (Å²) in [5.41, 5.74) is 1.26. The maximum absolute atomic E-state index is 12.9. The fraction of sp³-hybridized carbons (Fsp3) is 0.300. The first-order valence-corrected chi connectivity index (χ1v) is 10.6. The molecule has 0 unspecified atom stereocenters. The van der Waals surface area contributed by atoms with Gasteiger partial charge in [0.1, 0.15) is 0 Å². The van der Waals surface area contributed by atoms with Gasteiger partial charge in [0, 0.05) is 18.7 Å². The van der Waals surface area contributed by atoms with Crippen molar-refractivity contribution in [2.45, 2.75) is 30.8 Å². The van der Waals surface area contributed by atoms with E-state index in [0.29, 0.717) is 0 Å². The predicted molar refractivity (Wildman–Crippen MR) is 102 cm³/mol. The Hall–Kier alpha value is -2.72. The predicted octanol–water partition coefficient (Wildman–Crippen LogP) is 4.16. The summed E-state index contributed by atoms with van der Waals surface area (Å²) in [4.78, 5) is 4.40. The minimum absolute atomic E-state index is 0.0339. The molecule has 0 spiro atoms. The summed E-state index contributed by atoms with van der Waals surface area (Å²) < 4.78 is 70.7. The van der Waals surface area contributed by atoms with Crippen molar-refractivity contribution >= 4 is 10.0 Å². The minimum Gasteiger partial charge on any atom is -0.339 e. The topological polar surface area (TPSA) is 76.3 Å². The summed E-state index contributed by atoms with van der Waals surface area (Å²) in [7, 11) is -3.63. The van der Waals surface area contributed by atoms with Crippen molar-refractivity contribution in [3.63, 3.8) is 0 Å². The second-order valence-corrected chi connectivity index (χ2v) is 9.24. The van der Waals surface area contributed by atoms with Crippen LogP contribution in [0.5, 0.6) is 0 Å². The van der Waals surface area contributed by atoms with E-state index in [9.17, 15) is 21.6 Å². The first kappa shape index (κ1) is 20.5. The van der Waals surface area contributed by atoms with Crippen molar-refractivity contribution in [1.29, 1.82) is 0 Å². The highest BCUT2D eigenvalue weighted by molar-refractivity contribution is 7.89. The average Bonchev–Trinajstić information content (AvgIpc) is 3.11. The van der Waals surface area contributed by atoms with Crippen LogP contribution in [0, 0.1) is 13.8 Å². The van der Waals surface area contributed by atoms with Gasteiger partial charge in [-0.05, 0) is 49.2 Å². The third-order valence-electron chi connectivity index (χ3n) is 5.20. The highest BCUT2D eigenvalue weighted by Crippen LogP contribution is 2.34. The Balaban J connectivity index is 1.49. The molecule has 0 radical (unpaired) electrons. The first-order chi connectivity index (χ1) is 14.1. The standard InChI is InChI=1S/C20H18F3N3O3S/c1-12-6-7-17(8-13(12)2)30(27,28)26-10-15(11-26)19-24-18(25-29-19)14-4-3-5-16(9-14)20(21,22)23/h3-9,15H,10-11H2,1-2H3. The summed E-state index contributed by atoms with van der Waals surface area (Å²) in [5.74, 6) is -0.0705. The third-order valence-corrected chi connectivity index (χ3v) is 7.03. The maximum Gasteiger partial charge on any atom is 0.416 e. The van der Waals surface area contributed by atoms with Crippen LogP contribution in [0.25, 0.3) is 11.4 Å². The van der Waals surface area contributed by atoms with E-state index in [2.05, 4.69) is 10.1 Å². The Morgan fingerprint density at radius 2 is 1.80 bits per heavy atom. The molecule has 1 aromatic heterocycles. The van der Waals surface area contributed by atoms with Crippen LogP contribution in [-0.2, 0) is 16.2 Å². The Kier molecular flexibility index (Phi) is 4.94. The van der Waals surface area contributed by atoms with Crippen LogP contribution in [0.4, 0.5) is 13.2 Å². The van der Waals surface area contributed by atoms with Crippen LogP contribution in [0.1, 0.15) is 28.5 Å². The van der Waals surface area contributed by atoms with E-state index >= 15 is 0 Å².